The van der Waals surface area contributed by atoms with Gasteiger partial charge in [-0.05, 0) is 32.6 Å². The minimum absolute atomic E-state index is 0.634. The molecule has 2 aliphatic carbocycles. The molecule has 1 fully saturated rings. The second-order valence-corrected chi connectivity index (χ2v) is 4.70. The molecule has 0 heterocycles. The zero-order valence-corrected chi connectivity index (χ0v) is 8.21. The fourth-order valence-electron chi connectivity index (χ4n) is 2.72. The Bertz CT molecular complexity index is 246. The summed E-state index contributed by atoms with van der Waals surface area (Å²) in [4.78, 5) is 0. The van der Waals surface area contributed by atoms with Gasteiger partial charge in [0.1, 0.15) is 0 Å². The Hall–Kier alpha value is -0.340. The topological polar surface area (TPSA) is 40.5 Å². The van der Waals surface area contributed by atoms with E-state index in [0.717, 1.165) is 25.7 Å². The van der Waals surface area contributed by atoms with E-state index in [-0.39, 0.29) is 0 Å². The van der Waals surface area contributed by atoms with Gasteiger partial charge in [-0.3, -0.25) is 0 Å². The van der Waals surface area contributed by atoms with Crippen LogP contribution in [0, 0.1) is 0 Å². The first-order chi connectivity index (χ1) is 6.06. The van der Waals surface area contributed by atoms with Gasteiger partial charge in [-0.25, -0.2) is 0 Å². The zero-order chi connectivity index (χ0) is 9.53. The highest BCUT2D eigenvalue weighted by atomic mass is 16.4. The summed E-state index contributed by atoms with van der Waals surface area (Å²) >= 11 is 0. The zero-order valence-electron chi connectivity index (χ0n) is 8.21. The molecule has 2 N–H and O–H groups in total. The molecule has 2 aliphatic rings. The van der Waals surface area contributed by atoms with Gasteiger partial charge in [0.2, 0.25) is 0 Å². The third-order valence-electron chi connectivity index (χ3n) is 3.66. The van der Waals surface area contributed by atoms with Gasteiger partial charge in [0.05, 0.1) is 11.2 Å². The van der Waals surface area contributed by atoms with E-state index in [4.69, 9.17) is 0 Å². The first kappa shape index (κ1) is 9.22. The largest absolute Gasteiger partial charge is 0.387 e. The van der Waals surface area contributed by atoms with E-state index in [2.05, 4.69) is 6.08 Å². The van der Waals surface area contributed by atoms with E-state index in [0.29, 0.717) is 12.8 Å². The molecule has 0 radical (unpaired) electrons. The summed E-state index contributed by atoms with van der Waals surface area (Å²) in [7, 11) is 0. The normalized spacial score (nSPS) is 45.3. The Morgan fingerprint density at radius 3 is 2.46 bits per heavy atom. The van der Waals surface area contributed by atoms with Crippen LogP contribution in [0.3, 0.4) is 0 Å². The number of hydrogen-bond acceptors (Lipinski definition) is 2. The molecular weight excluding hydrogens is 164 g/mol. The summed E-state index contributed by atoms with van der Waals surface area (Å²) in [5, 5.41) is 20.6. The van der Waals surface area contributed by atoms with E-state index >= 15 is 0 Å². The molecule has 0 unspecified atom stereocenters. The number of aliphatic hydroxyl groups is 2. The Labute approximate surface area is 79.3 Å². The maximum absolute atomic E-state index is 10.3. The second kappa shape index (κ2) is 2.82. The first-order valence-electron chi connectivity index (χ1n) is 5.16. The Balaban J connectivity index is 2.30. The van der Waals surface area contributed by atoms with Crippen molar-refractivity contribution in [1.29, 1.82) is 0 Å². The van der Waals surface area contributed by atoms with Gasteiger partial charge in [-0.1, -0.05) is 24.5 Å². The minimum atomic E-state index is -0.829. The van der Waals surface area contributed by atoms with Gasteiger partial charge < -0.3 is 10.2 Å². The highest BCUT2D eigenvalue weighted by molar-refractivity contribution is 5.19. The van der Waals surface area contributed by atoms with Gasteiger partial charge in [0, 0.05) is 0 Å². The minimum Gasteiger partial charge on any atom is -0.387 e. The highest BCUT2D eigenvalue weighted by Gasteiger charge is 2.51. The van der Waals surface area contributed by atoms with E-state index in [1.54, 1.807) is 0 Å². The third kappa shape index (κ3) is 1.32. The van der Waals surface area contributed by atoms with Crippen molar-refractivity contribution in [3.05, 3.63) is 11.6 Å². The maximum Gasteiger partial charge on any atom is 0.0973 e. The SMILES string of the molecule is CC1=CC[C@@]2(O)CCCC[C@@]2(O)C1. The predicted molar refractivity (Wildman–Crippen MR) is 51.4 cm³/mol. The summed E-state index contributed by atoms with van der Waals surface area (Å²) in [6.07, 6.45) is 6.97. The molecule has 2 atom stereocenters. The van der Waals surface area contributed by atoms with Crippen LogP contribution in [-0.2, 0) is 0 Å². The molecule has 0 aliphatic heterocycles. The molecule has 0 saturated heterocycles. The van der Waals surface area contributed by atoms with Crippen LogP contribution in [0.5, 0.6) is 0 Å². The van der Waals surface area contributed by atoms with E-state index in [1.807, 2.05) is 6.92 Å². The third-order valence-corrected chi connectivity index (χ3v) is 3.66. The molecule has 0 aromatic heterocycles. The number of rotatable bonds is 0. The van der Waals surface area contributed by atoms with Gasteiger partial charge in [0.25, 0.3) is 0 Å². The highest BCUT2D eigenvalue weighted by Crippen LogP contribution is 2.46. The van der Waals surface area contributed by atoms with Crippen LogP contribution in [0.1, 0.15) is 45.4 Å². The summed E-state index contributed by atoms with van der Waals surface area (Å²) in [5.41, 5.74) is -0.441. The van der Waals surface area contributed by atoms with Crippen molar-refractivity contribution in [2.75, 3.05) is 0 Å². The molecule has 2 heteroatoms. The van der Waals surface area contributed by atoms with Crippen molar-refractivity contribution in [2.45, 2.75) is 56.7 Å². The first-order valence-corrected chi connectivity index (χ1v) is 5.16. The molecule has 0 spiro atoms. The molecule has 13 heavy (non-hydrogen) atoms. The van der Waals surface area contributed by atoms with Crippen molar-refractivity contribution in [3.63, 3.8) is 0 Å². The Kier molecular flexibility index (Phi) is 2.00. The summed E-state index contributed by atoms with van der Waals surface area (Å²) in [6, 6.07) is 0. The lowest BCUT2D eigenvalue weighted by Gasteiger charge is -2.49. The Morgan fingerprint density at radius 2 is 1.77 bits per heavy atom. The number of hydrogen-bond donors (Lipinski definition) is 2. The van der Waals surface area contributed by atoms with Crippen LogP contribution >= 0.6 is 0 Å². The fraction of sp³-hybridized carbons (Fsp3) is 0.818. The average molecular weight is 182 g/mol. The molecule has 74 valence electrons. The van der Waals surface area contributed by atoms with Crippen LogP contribution in [0.4, 0.5) is 0 Å². The van der Waals surface area contributed by atoms with E-state index in [1.165, 1.54) is 5.57 Å². The number of fused-ring (bicyclic) bond motifs is 1. The van der Waals surface area contributed by atoms with Crippen LogP contribution < -0.4 is 0 Å². The summed E-state index contributed by atoms with van der Waals surface area (Å²) in [5.74, 6) is 0. The summed E-state index contributed by atoms with van der Waals surface area (Å²) in [6.45, 7) is 2.03. The Morgan fingerprint density at radius 1 is 1.15 bits per heavy atom. The van der Waals surface area contributed by atoms with Crippen LogP contribution in [-0.4, -0.2) is 21.4 Å². The van der Waals surface area contributed by atoms with Crippen molar-refractivity contribution in [1.82, 2.24) is 0 Å². The lowest BCUT2D eigenvalue weighted by Crippen LogP contribution is -2.57. The molecule has 2 nitrogen and oxygen atoms in total. The lowest BCUT2D eigenvalue weighted by atomic mass is 9.64. The smallest absolute Gasteiger partial charge is 0.0973 e. The summed E-state index contributed by atoms with van der Waals surface area (Å²) < 4.78 is 0. The standard InChI is InChI=1S/C11H18O2/c1-9-4-7-10(12)5-2-3-6-11(10,13)8-9/h4,12-13H,2-3,5-8H2,1H3/t10-,11+/m0/s1. The van der Waals surface area contributed by atoms with Gasteiger partial charge in [0.15, 0.2) is 0 Å². The van der Waals surface area contributed by atoms with Crippen LogP contribution in [0.15, 0.2) is 11.6 Å². The van der Waals surface area contributed by atoms with Crippen molar-refractivity contribution < 1.29 is 10.2 Å². The maximum atomic E-state index is 10.3. The van der Waals surface area contributed by atoms with E-state index in [9.17, 15) is 10.2 Å². The van der Waals surface area contributed by atoms with Crippen molar-refractivity contribution in [3.8, 4) is 0 Å². The molecule has 0 amide bonds. The van der Waals surface area contributed by atoms with Gasteiger partial charge in [-0.2, -0.15) is 0 Å². The molecule has 2 rings (SSSR count). The molecule has 0 aromatic rings. The van der Waals surface area contributed by atoms with Gasteiger partial charge in [-0.15, -0.1) is 0 Å². The molecule has 1 saturated carbocycles. The predicted octanol–water partition coefficient (Wildman–Crippen LogP) is 1.76. The molecule has 0 aromatic carbocycles. The quantitative estimate of drug-likeness (QED) is 0.560. The van der Waals surface area contributed by atoms with Crippen molar-refractivity contribution >= 4 is 0 Å². The second-order valence-electron chi connectivity index (χ2n) is 4.70. The monoisotopic (exact) mass is 182 g/mol. The van der Waals surface area contributed by atoms with E-state index < -0.39 is 11.2 Å². The van der Waals surface area contributed by atoms with Gasteiger partial charge >= 0.3 is 0 Å². The molecular formula is C11H18O2. The van der Waals surface area contributed by atoms with Crippen LogP contribution in [0.25, 0.3) is 0 Å². The van der Waals surface area contributed by atoms with Crippen LogP contribution in [0.2, 0.25) is 0 Å². The fourth-order valence-corrected chi connectivity index (χ4v) is 2.72. The lowest BCUT2D eigenvalue weighted by molar-refractivity contribution is -0.177. The molecule has 0 bridgehead atoms. The van der Waals surface area contributed by atoms with Crippen molar-refractivity contribution in [2.24, 2.45) is 0 Å². The average Bonchev–Trinajstić information content (AvgIpc) is 2.07.